The van der Waals surface area contributed by atoms with Gasteiger partial charge in [0.25, 0.3) is 7.82 Å². The van der Waals surface area contributed by atoms with E-state index in [-0.39, 0.29) is 31.8 Å². The van der Waals surface area contributed by atoms with Crippen LogP contribution in [0.25, 0.3) is 0 Å². The Morgan fingerprint density at radius 2 is 1.12 bits per heavy atom. The average Bonchev–Trinajstić information content (AvgIpc) is 3.15. The molecule has 0 bridgehead atoms. The van der Waals surface area contributed by atoms with Crippen molar-refractivity contribution in [3.63, 3.8) is 0 Å². The lowest BCUT2D eigenvalue weighted by Gasteiger charge is -2.28. The predicted octanol–water partition coefficient (Wildman–Crippen LogP) is 11.0. The van der Waals surface area contributed by atoms with Crippen molar-refractivity contribution >= 4 is 25.5 Å². The number of nitrogens with zero attached hydrogens (tertiary/aromatic N) is 1. The van der Waals surface area contributed by atoms with Crippen LogP contribution in [0.3, 0.4) is 0 Å². The molecule has 0 N–H and O–H groups in total. The first kappa shape index (κ1) is 54.4. The molecule has 0 aromatic rings. The van der Waals surface area contributed by atoms with Gasteiger partial charge < -0.3 is 27.9 Å². The summed E-state index contributed by atoms with van der Waals surface area (Å²) >= 11 is 0. The number of allylic oxidation sites excluding steroid dienone is 10. The summed E-state index contributed by atoms with van der Waals surface area (Å²) in [6, 6.07) is 0. The minimum Gasteiger partial charge on any atom is -0.756 e. The van der Waals surface area contributed by atoms with Crippen LogP contribution >= 0.6 is 7.82 Å². The molecular formula is C46H80NO9P. The normalized spacial score (nSPS) is 14.1. The van der Waals surface area contributed by atoms with E-state index in [1.54, 1.807) is 12.2 Å². The number of hydrogen-bond acceptors (Lipinski definition) is 9. The number of quaternary nitrogens is 1. The smallest absolute Gasteiger partial charge is 0.306 e. The predicted molar refractivity (Wildman–Crippen MR) is 231 cm³/mol. The molecule has 10 nitrogen and oxygen atoms in total. The second-order valence-electron chi connectivity index (χ2n) is 15.7. The lowest BCUT2D eigenvalue weighted by Crippen LogP contribution is -2.37. The molecule has 11 heteroatoms. The van der Waals surface area contributed by atoms with Crippen molar-refractivity contribution < 1.29 is 46.8 Å². The lowest BCUT2D eigenvalue weighted by atomic mass is 10.1. The molecule has 0 amide bonds. The molecule has 0 aliphatic carbocycles. The van der Waals surface area contributed by atoms with Crippen LogP contribution in [0.2, 0.25) is 0 Å². The minimum atomic E-state index is -4.65. The molecule has 328 valence electrons. The Kier molecular flexibility index (Phi) is 35.9. The SMILES string of the molecule is CCCCCC/C=C\CCCCCCCCCC(=O)O[C@H](COC(=O)CCC/C=C\C/C=C\C/C=C\C=C\C(=O)CCCCC)COP(=O)([O-])OCC[N+](C)(C)C. The highest BCUT2D eigenvalue weighted by Gasteiger charge is 2.21. The Hall–Kier alpha value is -2.62. The summed E-state index contributed by atoms with van der Waals surface area (Å²) in [5, 5.41) is 0. The number of phosphoric ester groups is 1. The molecule has 0 radical (unpaired) electrons. The Bertz CT molecular complexity index is 1220. The molecule has 0 saturated heterocycles. The summed E-state index contributed by atoms with van der Waals surface area (Å²) < 4.78 is 33.8. The van der Waals surface area contributed by atoms with Gasteiger partial charge in [-0.25, -0.2) is 0 Å². The zero-order valence-corrected chi connectivity index (χ0v) is 37.4. The first-order valence-corrected chi connectivity index (χ1v) is 23.4. The molecular weight excluding hydrogens is 741 g/mol. The van der Waals surface area contributed by atoms with Crippen molar-refractivity contribution in [2.45, 2.75) is 168 Å². The number of likely N-dealkylation sites (N-methyl/N-ethyl adjacent to an activating group) is 1. The van der Waals surface area contributed by atoms with Crippen LogP contribution in [0.4, 0.5) is 0 Å². The molecule has 1 unspecified atom stereocenters. The van der Waals surface area contributed by atoms with Gasteiger partial charge in [0.05, 0.1) is 27.7 Å². The van der Waals surface area contributed by atoms with Crippen LogP contribution in [0.15, 0.2) is 60.8 Å². The Morgan fingerprint density at radius 1 is 0.596 bits per heavy atom. The highest BCUT2D eigenvalue weighted by atomic mass is 31.2. The molecule has 0 aliphatic heterocycles. The second kappa shape index (κ2) is 37.6. The van der Waals surface area contributed by atoms with E-state index in [2.05, 4.69) is 38.2 Å². The number of hydrogen-bond donors (Lipinski definition) is 0. The average molecular weight is 822 g/mol. The molecule has 0 rings (SSSR count). The van der Waals surface area contributed by atoms with Crippen molar-refractivity contribution in [2.24, 2.45) is 0 Å². The topological polar surface area (TPSA) is 128 Å². The van der Waals surface area contributed by atoms with Crippen LogP contribution in [0, 0.1) is 0 Å². The van der Waals surface area contributed by atoms with Gasteiger partial charge in [-0.2, -0.15) is 0 Å². The Labute approximate surface area is 347 Å². The number of esters is 2. The third kappa shape index (κ3) is 41.3. The molecule has 2 atom stereocenters. The quantitative estimate of drug-likeness (QED) is 0.0113. The number of unbranched alkanes of at least 4 members (excludes halogenated alkanes) is 14. The highest BCUT2D eigenvalue weighted by Crippen LogP contribution is 2.38. The van der Waals surface area contributed by atoms with E-state index in [1.165, 1.54) is 51.4 Å². The number of rotatable bonds is 39. The Balaban J connectivity index is 4.51. The summed E-state index contributed by atoms with van der Waals surface area (Å²) in [5.41, 5.74) is 0. The van der Waals surface area contributed by atoms with E-state index in [1.807, 2.05) is 45.4 Å². The number of phosphoric acid groups is 1. The Morgan fingerprint density at radius 3 is 1.79 bits per heavy atom. The number of carbonyl (C=O) groups is 3. The molecule has 57 heavy (non-hydrogen) atoms. The van der Waals surface area contributed by atoms with E-state index in [4.69, 9.17) is 18.5 Å². The highest BCUT2D eigenvalue weighted by molar-refractivity contribution is 7.45. The monoisotopic (exact) mass is 822 g/mol. The van der Waals surface area contributed by atoms with Gasteiger partial charge >= 0.3 is 11.9 Å². The van der Waals surface area contributed by atoms with Crippen LogP contribution < -0.4 is 4.89 Å². The van der Waals surface area contributed by atoms with Gasteiger partial charge in [0, 0.05) is 19.3 Å². The summed E-state index contributed by atoms with van der Waals surface area (Å²) in [7, 11) is 1.09. The number of ether oxygens (including phenoxy) is 2. The van der Waals surface area contributed by atoms with Gasteiger partial charge in [-0.05, 0) is 70.3 Å². The van der Waals surface area contributed by atoms with Crippen molar-refractivity contribution in [3.05, 3.63) is 60.8 Å². The molecule has 0 saturated carbocycles. The number of ketones is 1. The maximum absolute atomic E-state index is 12.7. The third-order valence-corrected chi connectivity index (χ3v) is 9.95. The summed E-state index contributed by atoms with van der Waals surface area (Å²) in [4.78, 5) is 49.2. The van der Waals surface area contributed by atoms with Gasteiger partial charge in [-0.3, -0.25) is 18.9 Å². The van der Waals surface area contributed by atoms with Crippen molar-refractivity contribution in [1.82, 2.24) is 0 Å². The molecule has 0 spiro atoms. The maximum Gasteiger partial charge on any atom is 0.306 e. The largest absolute Gasteiger partial charge is 0.756 e. The van der Waals surface area contributed by atoms with Gasteiger partial charge in [-0.15, -0.1) is 0 Å². The van der Waals surface area contributed by atoms with Crippen LogP contribution in [-0.4, -0.2) is 75.8 Å². The van der Waals surface area contributed by atoms with Gasteiger partial charge in [0.15, 0.2) is 11.9 Å². The molecule has 0 fully saturated rings. The van der Waals surface area contributed by atoms with Gasteiger partial charge in [0.2, 0.25) is 0 Å². The molecule has 0 aliphatic rings. The minimum absolute atomic E-state index is 0.0523. The standard InChI is InChI=1S/C46H80NO9P/c1-6-8-10-11-12-13-14-15-16-17-20-24-27-30-34-38-46(50)56-44(42-55-57(51,52)54-40-39-47(3,4)5)41-53-45(49)37-33-29-26-23-21-18-19-22-25-28-32-36-43(48)35-31-9-7-2/h13-14,18-19,23,25-26,28,32,36,44H,6-12,15-17,20-22,24,27,29-31,33-35,37-42H2,1-5H3/b14-13-,19-18-,26-23-,28-25-,36-32+/t44-/m1/s1. The molecule has 0 aromatic heterocycles. The van der Waals surface area contributed by atoms with Gasteiger partial charge in [0.1, 0.15) is 19.8 Å². The molecule has 0 aromatic carbocycles. The summed E-state index contributed by atoms with van der Waals surface area (Å²) in [5.74, 6) is -0.776. The fourth-order valence-electron chi connectivity index (χ4n) is 5.48. The maximum atomic E-state index is 12.7. The van der Waals surface area contributed by atoms with Gasteiger partial charge in [-0.1, -0.05) is 133 Å². The van der Waals surface area contributed by atoms with E-state index < -0.39 is 32.5 Å². The van der Waals surface area contributed by atoms with E-state index in [0.717, 1.165) is 57.8 Å². The first-order chi connectivity index (χ1) is 27.4. The molecule has 0 heterocycles. The zero-order chi connectivity index (χ0) is 42.3. The second-order valence-corrected chi connectivity index (χ2v) is 17.1. The van der Waals surface area contributed by atoms with Crippen LogP contribution in [0.1, 0.15) is 162 Å². The van der Waals surface area contributed by atoms with E-state index in [9.17, 15) is 23.8 Å². The fraction of sp³-hybridized carbons (Fsp3) is 0.717. The fourth-order valence-corrected chi connectivity index (χ4v) is 6.21. The summed E-state index contributed by atoms with van der Waals surface area (Å²) in [6.45, 7) is 3.95. The third-order valence-electron chi connectivity index (χ3n) is 8.99. The van der Waals surface area contributed by atoms with Crippen LogP contribution in [-0.2, 0) is 37.5 Å². The zero-order valence-electron chi connectivity index (χ0n) is 36.5. The first-order valence-electron chi connectivity index (χ1n) is 21.9. The van der Waals surface area contributed by atoms with Crippen LogP contribution in [0.5, 0.6) is 0 Å². The van der Waals surface area contributed by atoms with Crippen molar-refractivity contribution in [2.75, 3.05) is 47.5 Å². The van der Waals surface area contributed by atoms with E-state index in [0.29, 0.717) is 36.7 Å². The van der Waals surface area contributed by atoms with Crippen molar-refractivity contribution in [3.8, 4) is 0 Å². The van der Waals surface area contributed by atoms with Crippen molar-refractivity contribution in [1.29, 1.82) is 0 Å². The summed E-state index contributed by atoms with van der Waals surface area (Å²) in [6.07, 6.45) is 40.9. The number of carbonyl (C=O) groups excluding carboxylic acids is 3. The lowest BCUT2D eigenvalue weighted by molar-refractivity contribution is -0.870. The van der Waals surface area contributed by atoms with E-state index >= 15 is 0 Å².